The topological polar surface area (TPSA) is 58.5 Å². The first kappa shape index (κ1) is 18.7. The maximum atomic E-state index is 12.4. The van der Waals surface area contributed by atoms with Crippen LogP contribution < -0.4 is 4.83 Å². The summed E-state index contributed by atoms with van der Waals surface area (Å²) in [5.74, 6) is 0.497. The summed E-state index contributed by atoms with van der Waals surface area (Å²) >= 11 is 0. The van der Waals surface area contributed by atoms with Crippen molar-refractivity contribution in [2.45, 2.75) is 43.4 Å². The van der Waals surface area contributed by atoms with E-state index in [1.54, 1.807) is 24.3 Å². The number of hydrogen-bond acceptors (Lipinski definition) is 3. The van der Waals surface area contributed by atoms with E-state index < -0.39 is 10.0 Å². The molecule has 0 saturated heterocycles. The van der Waals surface area contributed by atoms with Crippen molar-refractivity contribution >= 4 is 26.5 Å². The quantitative estimate of drug-likeness (QED) is 0.625. The average molecular weight is 393 g/mol. The molecule has 0 spiro atoms. The van der Waals surface area contributed by atoms with Gasteiger partial charge in [0.15, 0.2) is 0 Å². The molecule has 0 bridgehead atoms. The summed E-state index contributed by atoms with van der Waals surface area (Å²) in [7, 11) is -3.60. The Morgan fingerprint density at radius 3 is 2.29 bits per heavy atom. The third kappa shape index (κ3) is 4.09. The fraction of sp³-hybridized carbons (Fsp3) is 0.261. The number of aryl methyl sites for hydroxylation is 1. The first-order valence-corrected chi connectivity index (χ1v) is 11.1. The van der Waals surface area contributed by atoms with Crippen LogP contribution in [0.3, 0.4) is 0 Å². The SMILES string of the molecule is Cc1ccc(S(=O)(=O)NN=C2CCC(c3ccc4ccccc4c3)CC2)cc1. The normalized spacial score (nSPS) is 17.5. The number of fused-ring (bicyclic) bond motifs is 1. The molecule has 1 saturated carbocycles. The second-order valence-electron chi connectivity index (χ2n) is 7.47. The van der Waals surface area contributed by atoms with Crippen LogP contribution in [-0.2, 0) is 10.0 Å². The van der Waals surface area contributed by atoms with E-state index in [0.717, 1.165) is 37.0 Å². The van der Waals surface area contributed by atoms with E-state index in [1.165, 1.54) is 16.3 Å². The van der Waals surface area contributed by atoms with Gasteiger partial charge in [-0.2, -0.15) is 13.5 Å². The Bertz CT molecular complexity index is 1110. The van der Waals surface area contributed by atoms with E-state index >= 15 is 0 Å². The molecule has 0 amide bonds. The molecule has 4 rings (SSSR count). The lowest BCUT2D eigenvalue weighted by atomic mass is 9.82. The van der Waals surface area contributed by atoms with Gasteiger partial charge in [-0.15, -0.1) is 0 Å². The standard InChI is InChI=1S/C23H24N2O2S/c1-17-6-14-23(15-7-17)28(26,27)25-24-22-12-10-19(11-13-22)21-9-8-18-4-2-3-5-20(18)16-21/h2-9,14-16,19,25H,10-13H2,1H3. The van der Waals surface area contributed by atoms with Gasteiger partial charge in [0.25, 0.3) is 10.0 Å². The van der Waals surface area contributed by atoms with Crippen LogP contribution in [0.15, 0.2) is 76.7 Å². The molecule has 1 fully saturated rings. The minimum atomic E-state index is -3.60. The minimum absolute atomic E-state index is 0.243. The van der Waals surface area contributed by atoms with E-state index in [1.807, 2.05) is 6.92 Å². The summed E-state index contributed by atoms with van der Waals surface area (Å²) in [6.45, 7) is 1.93. The molecule has 1 N–H and O–H groups in total. The van der Waals surface area contributed by atoms with Gasteiger partial charge < -0.3 is 0 Å². The highest BCUT2D eigenvalue weighted by molar-refractivity contribution is 7.89. The zero-order chi connectivity index (χ0) is 19.6. The molecule has 3 aromatic rings. The number of rotatable bonds is 4. The Labute approximate surface area is 166 Å². The largest absolute Gasteiger partial charge is 0.276 e. The van der Waals surface area contributed by atoms with Crippen LogP contribution in [0.25, 0.3) is 10.8 Å². The molecule has 3 aromatic carbocycles. The highest BCUT2D eigenvalue weighted by Crippen LogP contribution is 2.33. The molecule has 0 unspecified atom stereocenters. The van der Waals surface area contributed by atoms with Crippen LogP contribution in [0.2, 0.25) is 0 Å². The van der Waals surface area contributed by atoms with Gasteiger partial charge in [0, 0.05) is 5.71 Å². The number of hydrazone groups is 1. The van der Waals surface area contributed by atoms with E-state index in [4.69, 9.17) is 0 Å². The summed E-state index contributed by atoms with van der Waals surface area (Å²) in [6, 6.07) is 21.9. The van der Waals surface area contributed by atoms with E-state index in [0.29, 0.717) is 5.92 Å². The number of nitrogens with zero attached hydrogens (tertiary/aromatic N) is 1. The molecular weight excluding hydrogens is 368 g/mol. The lowest BCUT2D eigenvalue weighted by Gasteiger charge is -2.23. The van der Waals surface area contributed by atoms with Gasteiger partial charge in [-0.3, -0.25) is 0 Å². The van der Waals surface area contributed by atoms with Gasteiger partial charge in [-0.25, -0.2) is 4.83 Å². The molecule has 28 heavy (non-hydrogen) atoms. The Balaban J connectivity index is 1.41. The molecule has 0 radical (unpaired) electrons. The predicted octanol–water partition coefficient (Wildman–Crippen LogP) is 5.14. The van der Waals surface area contributed by atoms with Gasteiger partial charge in [-0.1, -0.05) is 60.2 Å². The average Bonchev–Trinajstić information content (AvgIpc) is 2.73. The molecule has 0 aromatic heterocycles. The fourth-order valence-corrected chi connectivity index (χ4v) is 4.60. The number of hydrogen-bond donors (Lipinski definition) is 1. The van der Waals surface area contributed by atoms with Crippen molar-refractivity contribution in [2.24, 2.45) is 5.10 Å². The lowest BCUT2D eigenvalue weighted by Crippen LogP contribution is -2.22. The summed E-state index contributed by atoms with van der Waals surface area (Å²) < 4.78 is 24.8. The van der Waals surface area contributed by atoms with Crippen molar-refractivity contribution in [3.8, 4) is 0 Å². The Morgan fingerprint density at radius 1 is 0.893 bits per heavy atom. The van der Waals surface area contributed by atoms with Crippen molar-refractivity contribution < 1.29 is 8.42 Å². The molecule has 0 heterocycles. The molecule has 0 atom stereocenters. The first-order valence-electron chi connectivity index (χ1n) is 9.64. The van der Waals surface area contributed by atoms with Gasteiger partial charge >= 0.3 is 0 Å². The van der Waals surface area contributed by atoms with E-state index in [-0.39, 0.29) is 4.90 Å². The second-order valence-corrected chi connectivity index (χ2v) is 9.13. The third-order valence-corrected chi connectivity index (χ3v) is 6.69. The van der Waals surface area contributed by atoms with Crippen LogP contribution in [0.4, 0.5) is 0 Å². The highest BCUT2D eigenvalue weighted by Gasteiger charge is 2.20. The maximum Gasteiger partial charge on any atom is 0.276 e. The smallest absolute Gasteiger partial charge is 0.200 e. The number of benzene rings is 3. The molecule has 1 aliphatic carbocycles. The summed E-state index contributed by atoms with van der Waals surface area (Å²) in [5, 5.41) is 6.74. The molecule has 0 aliphatic heterocycles. The molecule has 1 aliphatic rings. The highest BCUT2D eigenvalue weighted by atomic mass is 32.2. The van der Waals surface area contributed by atoms with Crippen molar-refractivity contribution in [3.63, 3.8) is 0 Å². The van der Waals surface area contributed by atoms with Gasteiger partial charge in [0.2, 0.25) is 0 Å². The zero-order valence-electron chi connectivity index (χ0n) is 15.9. The zero-order valence-corrected chi connectivity index (χ0v) is 16.7. The summed E-state index contributed by atoms with van der Waals surface area (Å²) in [4.78, 5) is 2.65. The van der Waals surface area contributed by atoms with E-state index in [2.05, 4.69) is 52.4 Å². The Kier molecular flexibility index (Phi) is 5.18. The Hall–Kier alpha value is -2.66. The third-order valence-electron chi connectivity index (χ3n) is 5.46. The van der Waals surface area contributed by atoms with Crippen molar-refractivity contribution in [1.29, 1.82) is 0 Å². The van der Waals surface area contributed by atoms with Crippen molar-refractivity contribution in [1.82, 2.24) is 4.83 Å². The summed E-state index contributed by atoms with van der Waals surface area (Å²) in [5.41, 5.74) is 3.31. The number of nitrogens with one attached hydrogen (secondary N) is 1. The van der Waals surface area contributed by atoms with Crippen LogP contribution in [-0.4, -0.2) is 14.1 Å². The van der Waals surface area contributed by atoms with Crippen LogP contribution in [0, 0.1) is 6.92 Å². The fourth-order valence-electron chi connectivity index (χ4n) is 3.75. The van der Waals surface area contributed by atoms with Gasteiger partial charge in [0.1, 0.15) is 0 Å². The van der Waals surface area contributed by atoms with Crippen LogP contribution in [0.1, 0.15) is 42.7 Å². The second kappa shape index (κ2) is 7.76. The first-order chi connectivity index (χ1) is 13.5. The molecule has 144 valence electrons. The maximum absolute atomic E-state index is 12.4. The molecular formula is C23H24N2O2S. The lowest BCUT2D eigenvalue weighted by molar-refractivity contribution is 0.561. The predicted molar refractivity (Wildman–Crippen MR) is 114 cm³/mol. The number of sulfonamides is 1. The van der Waals surface area contributed by atoms with Gasteiger partial charge in [-0.05, 0) is 67.0 Å². The monoisotopic (exact) mass is 392 g/mol. The Morgan fingerprint density at radius 2 is 1.57 bits per heavy atom. The minimum Gasteiger partial charge on any atom is -0.200 e. The van der Waals surface area contributed by atoms with Crippen LogP contribution >= 0.6 is 0 Å². The van der Waals surface area contributed by atoms with Crippen molar-refractivity contribution in [2.75, 3.05) is 0 Å². The van der Waals surface area contributed by atoms with Crippen molar-refractivity contribution in [3.05, 3.63) is 77.9 Å². The molecule has 5 heteroatoms. The van der Waals surface area contributed by atoms with E-state index in [9.17, 15) is 8.42 Å². The molecule has 4 nitrogen and oxygen atoms in total. The van der Waals surface area contributed by atoms with Gasteiger partial charge in [0.05, 0.1) is 4.90 Å². The van der Waals surface area contributed by atoms with Crippen LogP contribution in [0.5, 0.6) is 0 Å². The summed E-state index contributed by atoms with van der Waals surface area (Å²) in [6.07, 6.45) is 3.61.